The third-order valence-electron chi connectivity index (χ3n) is 3.52. The van der Waals surface area contributed by atoms with Crippen LogP contribution < -0.4 is 4.72 Å². The summed E-state index contributed by atoms with van der Waals surface area (Å²) in [4.78, 5) is 12.8. The lowest BCUT2D eigenvalue weighted by molar-refractivity contribution is 0.103. The molecule has 3 aromatic rings. The fourth-order valence-corrected chi connectivity index (χ4v) is 3.09. The van der Waals surface area contributed by atoms with Gasteiger partial charge in [0, 0.05) is 16.6 Å². The number of ketones is 1. The summed E-state index contributed by atoms with van der Waals surface area (Å²) in [6.07, 6.45) is 1.06. The lowest BCUT2D eigenvalue weighted by Crippen LogP contribution is -2.09. The molecule has 2 N–H and O–H groups in total. The molecule has 1 heterocycles. The number of phenols is 1. The minimum absolute atomic E-state index is 0.0694. The van der Waals surface area contributed by atoms with E-state index in [-0.39, 0.29) is 11.5 Å². The van der Waals surface area contributed by atoms with E-state index in [2.05, 4.69) is 4.72 Å². The fraction of sp³-hybridized carbons (Fsp3) is 0.211. The van der Waals surface area contributed by atoms with Crippen LogP contribution in [0.1, 0.15) is 35.5 Å². The van der Waals surface area contributed by atoms with Crippen LogP contribution in [0.3, 0.4) is 0 Å². The van der Waals surface area contributed by atoms with E-state index < -0.39 is 10.0 Å². The minimum Gasteiger partial charge on any atom is -0.508 e. The molecule has 0 aliphatic heterocycles. The first-order chi connectivity index (χ1) is 12.2. The monoisotopic (exact) mass is 375 g/mol. The smallest absolute Gasteiger partial charge is 0.229 e. The summed E-state index contributed by atoms with van der Waals surface area (Å²) in [6.45, 7) is 5.68. The summed E-state index contributed by atoms with van der Waals surface area (Å²) in [5, 5.41) is 9.87. The van der Waals surface area contributed by atoms with Crippen LogP contribution in [0.5, 0.6) is 5.75 Å². The van der Waals surface area contributed by atoms with E-state index in [0.29, 0.717) is 33.5 Å². The summed E-state index contributed by atoms with van der Waals surface area (Å²) in [5.41, 5.74) is 1.62. The van der Waals surface area contributed by atoms with Crippen molar-refractivity contribution >= 4 is 32.5 Å². The highest BCUT2D eigenvalue weighted by molar-refractivity contribution is 7.92. The maximum Gasteiger partial charge on any atom is 0.229 e. The maximum atomic E-state index is 12.8. The summed E-state index contributed by atoms with van der Waals surface area (Å²) in [5.74, 6) is 0.252. The van der Waals surface area contributed by atoms with Crippen molar-refractivity contribution in [2.45, 2.75) is 20.8 Å². The molecule has 0 atom stereocenters. The molecular formula is C19H21NO5S. The van der Waals surface area contributed by atoms with Gasteiger partial charge in [0.1, 0.15) is 17.1 Å². The van der Waals surface area contributed by atoms with Crippen molar-refractivity contribution in [3.8, 4) is 5.75 Å². The van der Waals surface area contributed by atoms with Crippen molar-refractivity contribution in [1.82, 2.24) is 0 Å². The number of hydrogen-bond donors (Lipinski definition) is 2. The van der Waals surface area contributed by atoms with Crippen LogP contribution in [0.2, 0.25) is 0 Å². The SMILES string of the molecule is CC.Cc1oc2ccc(NS(C)(=O)=O)cc2c1C(=O)c1ccc(O)cc1. The zero-order chi connectivity index (χ0) is 19.5. The molecule has 0 saturated carbocycles. The molecule has 0 unspecified atom stereocenters. The Bertz CT molecular complexity index is 1030. The Morgan fingerprint density at radius 1 is 1.08 bits per heavy atom. The molecule has 0 saturated heterocycles. The molecule has 0 radical (unpaired) electrons. The molecule has 6 nitrogen and oxygen atoms in total. The quantitative estimate of drug-likeness (QED) is 0.670. The number of aryl methyl sites for hydroxylation is 1. The van der Waals surface area contributed by atoms with Crippen molar-refractivity contribution in [1.29, 1.82) is 0 Å². The number of aromatic hydroxyl groups is 1. The zero-order valence-electron chi connectivity index (χ0n) is 15.0. The van der Waals surface area contributed by atoms with Gasteiger partial charge >= 0.3 is 0 Å². The third kappa shape index (κ3) is 4.23. The number of fused-ring (bicyclic) bond motifs is 1. The average molecular weight is 375 g/mol. The molecule has 7 heteroatoms. The fourth-order valence-electron chi connectivity index (χ4n) is 2.54. The van der Waals surface area contributed by atoms with Crippen molar-refractivity contribution in [2.24, 2.45) is 0 Å². The Morgan fingerprint density at radius 2 is 1.69 bits per heavy atom. The number of carbonyl (C=O) groups excluding carboxylic acids is 1. The zero-order valence-corrected chi connectivity index (χ0v) is 15.8. The molecule has 0 amide bonds. The standard InChI is InChI=1S/C17H15NO5S.C2H6/c1-10-16(17(20)11-3-6-13(19)7-4-11)14-9-12(18-24(2,21)22)5-8-15(14)23-10;1-2/h3-9,18-19H,1-2H3;1-2H3. The summed E-state index contributed by atoms with van der Waals surface area (Å²) in [6, 6.07) is 10.7. The number of nitrogens with one attached hydrogen (secondary N) is 1. The molecule has 0 bridgehead atoms. The number of phenolic OH excluding ortho intramolecular Hbond substituents is 1. The Kier molecular flexibility index (Phi) is 5.72. The number of carbonyl (C=O) groups is 1. The molecule has 26 heavy (non-hydrogen) atoms. The first kappa shape index (κ1) is 19.5. The van der Waals surface area contributed by atoms with E-state index in [1.54, 1.807) is 25.1 Å². The van der Waals surface area contributed by atoms with Gasteiger partial charge in [-0.05, 0) is 49.4 Å². The highest BCUT2D eigenvalue weighted by atomic mass is 32.2. The molecule has 1 aromatic heterocycles. The van der Waals surface area contributed by atoms with Crippen LogP contribution in [0.15, 0.2) is 46.9 Å². The van der Waals surface area contributed by atoms with Gasteiger partial charge in [0.25, 0.3) is 0 Å². The molecule has 0 aliphatic carbocycles. The molecule has 2 aromatic carbocycles. The number of furan rings is 1. The van der Waals surface area contributed by atoms with Crippen LogP contribution in [-0.2, 0) is 10.0 Å². The number of sulfonamides is 1. The van der Waals surface area contributed by atoms with E-state index in [1.165, 1.54) is 24.3 Å². The Hall–Kier alpha value is -2.80. The van der Waals surface area contributed by atoms with Crippen molar-refractivity contribution < 1.29 is 22.7 Å². The second-order valence-electron chi connectivity index (χ2n) is 5.49. The van der Waals surface area contributed by atoms with Gasteiger partial charge in [-0.15, -0.1) is 0 Å². The number of hydrogen-bond acceptors (Lipinski definition) is 5. The molecule has 3 rings (SSSR count). The molecular weight excluding hydrogens is 354 g/mol. The van der Waals surface area contributed by atoms with E-state index in [0.717, 1.165) is 6.26 Å². The Morgan fingerprint density at radius 3 is 2.27 bits per heavy atom. The van der Waals surface area contributed by atoms with Gasteiger partial charge < -0.3 is 9.52 Å². The highest BCUT2D eigenvalue weighted by Crippen LogP contribution is 2.30. The van der Waals surface area contributed by atoms with Gasteiger partial charge in [-0.1, -0.05) is 13.8 Å². The molecule has 0 spiro atoms. The Labute approximate surface area is 152 Å². The van der Waals surface area contributed by atoms with Crippen LogP contribution in [0, 0.1) is 6.92 Å². The van der Waals surface area contributed by atoms with E-state index >= 15 is 0 Å². The molecule has 138 valence electrons. The van der Waals surface area contributed by atoms with E-state index in [4.69, 9.17) is 4.42 Å². The van der Waals surface area contributed by atoms with Crippen LogP contribution in [0.25, 0.3) is 11.0 Å². The predicted octanol–water partition coefficient (Wildman–Crippen LogP) is 4.08. The van der Waals surface area contributed by atoms with Crippen LogP contribution in [0.4, 0.5) is 5.69 Å². The first-order valence-electron chi connectivity index (χ1n) is 8.09. The second-order valence-corrected chi connectivity index (χ2v) is 7.24. The van der Waals surface area contributed by atoms with E-state index in [9.17, 15) is 18.3 Å². The molecule has 0 fully saturated rings. The number of rotatable bonds is 4. The van der Waals surface area contributed by atoms with Gasteiger partial charge in [0.15, 0.2) is 5.78 Å². The highest BCUT2D eigenvalue weighted by Gasteiger charge is 2.20. The van der Waals surface area contributed by atoms with Gasteiger partial charge in [-0.2, -0.15) is 0 Å². The van der Waals surface area contributed by atoms with Crippen molar-refractivity contribution in [2.75, 3.05) is 11.0 Å². The average Bonchev–Trinajstić information content (AvgIpc) is 2.90. The van der Waals surface area contributed by atoms with Crippen molar-refractivity contribution in [3.63, 3.8) is 0 Å². The predicted molar refractivity (Wildman–Crippen MR) is 102 cm³/mol. The number of anilines is 1. The number of benzene rings is 2. The lowest BCUT2D eigenvalue weighted by Gasteiger charge is -2.04. The lowest BCUT2D eigenvalue weighted by atomic mass is 10.00. The maximum absolute atomic E-state index is 12.8. The first-order valence-corrected chi connectivity index (χ1v) is 9.98. The summed E-state index contributed by atoms with van der Waals surface area (Å²) in [7, 11) is -3.42. The van der Waals surface area contributed by atoms with Gasteiger partial charge in [0.05, 0.1) is 11.8 Å². The summed E-state index contributed by atoms with van der Waals surface area (Å²) < 4.78 is 30.8. The largest absolute Gasteiger partial charge is 0.508 e. The Balaban J connectivity index is 0.00000117. The van der Waals surface area contributed by atoms with Crippen molar-refractivity contribution in [3.05, 3.63) is 59.4 Å². The van der Waals surface area contributed by atoms with E-state index in [1.807, 2.05) is 13.8 Å². The normalized spacial score (nSPS) is 10.9. The van der Waals surface area contributed by atoms with Gasteiger partial charge in [-0.25, -0.2) is 8.42 Å². The molecule has 0 aliphatic rings. The minimum atomic E-state index is -3.42. The van der Waals surface area contributed by atoms with Gasteiger partial charge in [0.2, 0.25) is 10.0 Å². The van der Waals surface area contributed by atoms with Crippen LogP contribution in [-0.4, -0.2) is 25.6 Å². The van der Waals surface area contributed by atoms with Crippen LogP contribution >= 0.6 is 0 Å². The second kappa shape index (κ2) is 7.61. The topological polar surface area (TPSA) is 96.6 Å². The summed E-state index contributed by atoms with van der Waals surface area (Å²) >= 11 is 0. The third-order valence-corrected chi connectivity index (χ3v) is 4.13. The van der Waals surface area contributed by atoms with Gasteiger partial charge in [-0.3, -0.25) is 9.52 Å².